The summed E-state index contributed by atoms with van der Waals surface area (Å²) in [6.07, 6.45) is 0. The number of anilines is 1. The van der Waals surface area contributed by atoms with Gasteiger partial charge in [-0.1, -0.05) is 27.5 Å². The van der Waals surface area contributed by atoms with Crippen LogP contribution < -0.4 is 4.72 Å². The lowest BCUT2D eigenvalue weighted by molar-refractivity contribution is 0.0785. The summed E-state index contributed by atoms with van der Waals surface area (Å²) in [5, 5.41) is 9.79. The predicted molar refractivity (Wildman–Crippen MR) is 80.9 cm³/mol. The smallest absolute Gasteiger partial charge is 0.235 e. The third kappa shape index (κ3) is 5.84. The van der Waals surface area contributed by atoms with Gasteiger partial charge in [0.05, 0.1) is 30.6 Å². The molecule has 0 aliphatic heterocycles. The maximum atomic E-state index is 11.8. The summed E-state index contributed by atoms with van der Waals surface area (Å²) in [7, 11) is -2.13. The Bertz CT molecular complexity index is 529. The second-order valence-corrected chi connectivity index (χ2v) is 6.97. The molecule has 0 unspecified atom stereocenters. The molecule has 20 heavy (non-hydrogen) atoms. The van der Waals surface area contributed by atoms with Crippen molar-refractivity contribution in [2.24, 2.45) is 0 Å². The maximum absolute atomic E-state index is 11.8. The van der Waals surface area contributed by atoms with E-state index in [2.05, 4.69) is 20.7 Å². The van der Waals surface area contributed by atoms with E-state index < -0.39 is 10.0 Å². The first-order chi connectivity index (χ1) is 9.35. The van der Waals surface area contributed by atoms with Crippen molar-refractivity contribution in [1.29, 1.82) is 0 Å². The zero-order chi connectivity index (χ0) is 15.2. The Kier molecular flexibility index (Phi) is 7.04. The van der Waals surface area contributed by atoms with Crippen molar-refractivity contribution in [3.8, 4) is 5.75 Å². The topological polar surface area (TPSA) is 84.9 Å². The minimum Gasteiger partial charge on any atom is -0.506 e. The number of aromatic hydroxyl groups is 1. The summed E-state index contributed by atoms with van der Waals surface area (Å²) in [6.45, 7) is 0.733. The van der Waals surface area contributed by atoms with E-state index in [1.807, 2.05) is 0 Å². The molecule has 0 aromatic heterocycles. The van der Waals surface area contributed by atoms with Crippen LogP contribution in [0.25, 0.3) is 0 Å². The molecule has 1 aromatic carbocycles. The SMILES string of the molecule is COCCOCCS(=O)(=O)Nc1c(O)cc(Br)cc1Cl. The molecule has 1 aromatic rings. The maximum Gasteiger partial charge on any atom is 0.235 e. The van der Waals surface area contributed by atoms with E-state index in [0.717, 1.165) is 0 Å². The van der Waals surface area contributed by atoms with E-state index in [4.69, 9.17) is 21.1 Å². The first-order valence-corrected chi connectivity index (χ1v) is 8.43. The first kappa shape index (κ1) is 17.5. The van der Waals surface area contributed by atoms with Crippen LogP contribution in [0.2, 0.25) is 5.02 Å². The number of hydrogen-bond donors (Lipinski definition) is 2. The van der Waals surface area contributed by atoms with Crippen LogP contribution in [-0.2, 0) is 19.5 Å². The highest BCUT2D eigenvalue weighted by atomic mass is 79.9. The summed E-state index contributed by atoms with van der Waals surface area (Å²) >= 11 is 9.02. The molecule has 0 radical (unpaired) electrons. The second kappa shape index (κ2) is 8.04. The van der Waals surface area contributed by atoms with E-state index in [0.29, 0.717) is 17.7 Å². The lowest BCUT2D eigenvalue weighted by Crippen LogP contribution is -2.21. The molecular weight excluding hydrogens is 374 g/mol. The molecule has 0 amide bonds. The fourth-order valence-corrected chi connectivity index (χ4v) is 3.14. The zero-order valence-corrected chi connectivity index (χ0v) is 13.9. The molecule has 0 spiro atoms. The van der Waals surface area contributed by atoms with E-state index >= 15 is 0 Å². The molecule has 0 fully saturated rings. The van der Waals surface area contributed by atoms with Gasteiger partial charge < -0.3 is 14.6 Å². The number of phenols is 1. The van der Waals surface area contributed by atoms with E-state index in [9.17, 15) is 13.5 Å². The van der Waals surface area contributed by atoms with Gasteiger partial charge in [-0.15, -0.1) is 0 Å². The number of hydrogen-bond acceptors (Lipinski definition) is 5. The zero-order valence-electron chi connectivity index (χ0n) is 10.7. The third-order valence-corrected chi connectivity index (χ3v) is 4.20. The van der Waals surface area contributed by atoms with Gasteiger partial charge in [0.15, 0.2) is 0 Å². The van der Waals surface area contributed by atoms with Gasteiger partial charge in [-0.2, -0.15) is 0 Å². The molecule has 0 aliphatic carbocycles. The number of nitrogens with one attached hydrogen (secondary N) is 1. The van der Waals surface area contributed by atoms with Crippen molar-refractivity contribution in [2.75, 3.05) is 37.4 Å². The van der Waals surface area contributed by atoms with Crippen LogP contribution in [0.5, 0.6) is 5.75 Å². The number of sulfonamides is 1. The van der Waals surface area contributed by atoms with Crippen LogP contribution >= 0.6 is 27.5 Å². The normalized spacial score (nSPS) is 11.6. The van der Waals surface area contributed by atoms with Crippen molar-refractivity contribution in [2.45, 2.75) is 0 Å². The van der Waals surface area contributed by atoms with Gasteiger partial charge in [0.1, 0.15) is 11.4 Å². The molecule has 1 rings (SSSR count). The van der Waals surface area contributed by atoms with Crippen molar-refractivity contribution < 1.29 is 23.0 Å². The van der Waals surface area contributed by atoms with Gasteiger partial charge in [-0.3, -0.25) is 4.72 Å². The van der Waals surface area contributed by atoms with Crippen molar-refractivity contribution >= 4 is 43.2 Å². The Labute approximate surface area is 131 Å². The minimum atomic E-state index is -3.66. The Morgan fingerprint density at radius 3 is 2.65 bits per heavy atom. The van der Waals surface area contributed by atoms with Gasteiger partial charge in [0, 0.05) is 11.6 Å². The van der Waals surface area contributed by atoms with Gasteiger partial charge in [-0.25, -0.2) is 8.42 Å². The standard InChI is InChI=1S/C11H15BrClNO5S/c1-18-2-3-19-4-5-20(16,17)14-11-9(13)6-8(12)7-10(11)15/h6-7,14-15H,2-5H2,1H3. The van der Waals surface area contributed by atoms with Gasteiger partial charge in [0.25, 0.3) is 0 Å². The molecule has 0 bridgehead atoms. The van der Waals surface area contributed by atoms with Crippen LogP contribution in [0.15, 0.2) is 16.6 Å². The molecule has 6 nitrogen and oxygen atoms in total. The average Bonchev–Trinajstić information content (AvgIpc) is 2.33. The number of rotatable bonds is 8. The van der Waals surface area contributed by atoms with E-state index in [1.165, 1.54) is 19.2 Å². The van der Waals surface area contributed by atoms with Crippen LogP contribution in [0.1, 0.15) is 0 Å². The molecule has 0 saturated heterocycles. The molecular formula is C11H15BrClNO5S. The number of phenolic OH excluding ortho intramolecular Hbond substituents is 1. The van der Waals surface area contributed by atoms with Crippen LogP contribution in [0.4, 0.5) is 5.69 Å². The number of ether oxygens (including phenoxy) is 2. The van der Waals surface area contributed by atoms with E-state index in [-0.39, 0.29) is 28.8 Å². The fourth-order valence-electron chi connectivity index (χ4n) is 1.28. The summed E-state index contributed by atoms with van der Waals surface area (Å²) in [4.78, 5) is 0. The Balaban J connectivity index is 2.63. The Hall–Kier alpha value is -0.540. The number of methoxy groups -OCH3 is 1. The minimum absolute atomic E-state index is 0.0214. The fraction of sp³-hybridized carbons (Fsp3) is 0.455. The molecule has 114 valence electrons. The van der Waals surface area contributed by atoms with Crippen LogP contribution in [-0.4, -0.2) is 46.2 Å². The Morgan fingerprint density at radius 2 is 2.05 bits per heavy atom. The predicted octanol–water partition coefficient (Wildman–Crippen LogP) is 2.21. The molecule has 9 heteroatoms. The summed E-state index contributed by atoms with van der Waals surface area (Å²) in [6, 6.07) is 2.83. The summed E-state index contributed by atoms with van der Waals surface area (Å²) < 4.78 is 36.3. The van der Waals surface area contributed by atoms with Crippen molar-refractivity contribution in [3.63, 3.8) is 0 Å². The van der Waals surface area contributed by atoms with Gasteiger partial charge in [0.2, 0.25) is 10.0 Å². The molecule has 0 atom stereocenters. The lowest BCUT2D eigenvalue weighted by atomic mass is 10.3. The summed E-state index contributed by atoms with van der Waals surface area (Å²) in [5.74, 6) is -0.504. The van der Waals surface area contributed by atoms with Crippen molar-refractivity contribution in [1.82, 2.24) is 0 Å². The summed E-state index contributed by atoms with van der Waals surface area (Å²) in [5.41, 5.74) is -0.0493. The first-order valence-electron chi connectivity index (χ1n) is 5.61. The third-order valence-electron chi connectivity index (χ3n) is 2.22. The monoisotopic (exact) mass is 387 g/mol. The largest absolute Gasteiger partial charge is 0.506 e. The highest BCUT2D eigenvalue weighted by molar-refractivity contribution is 9.10. The van der Waals surface area contributed by atoms with E-state index in [1.54, 1.807) is 0 Å². The van der Waals surface area contributed by atoms with Crippen LogP contribution in [0.3, 0.4) is 0 Å². The number of benzene rings is 1. The van der Waals surface area contributed by atoms with Gasteiger partial charge >= 0.3 is 0 Å². The molecule has 0 heterocycles. The average molecular weight is 389 g/mol. The molecule has 2 N–H and O–H groups in total. The van der Waals surface area contributed by atoms with Crippen LogP contribution in [0, 0.1) is 0 Å². The molecule has 0 aliphatic rings. The highest BCUT2D eigenvalue weighted by Gasteiger charge is 2.16. The Morgan fingerprint density at radius 1 is 1.35 bits per heavy atom. The van der Waals surface area contributed by atoms with Crippen molar-refractivity contribution in [3.05, 3.63) is 21.6 Å². The highest BCUT2D eigenvalue weighted by Crippen LogP contribution is 2.35. The molecule has 0 saturated carbocycles. The number of halogens is 2. The van der Waals surface area contributed by atoms with Gasteiger partial charge in [-0.05, 0) is 12.1 Å². The lowest BCUT2D eigenvalue weighted by Gasteiger charge is -2.11. The quantitative estimate of drug-likeness (QED) is 0.527. The second-order valence-electron chi connectivity index (χ2n) is 3.81.